The van der Waals surface area contributed by atoms with Gasteiger partial charge < -0.3 is 29.7 Å². The van der Waals surface area contributed by atoms with Crippen molar-refractivity contribution in [1.29, 1.82) is 5.26 Å². The zero-order chi connectivity index (χ0) is 37.5. The molecule has 2 amide bonds. The van der Waals surface area contributed by atoms with Gasteiger partial charge in [0, 0.05) is 52.5 Å². The van der Waals surface area contributed by atoms with E-state index in [2.05, 4.69) is 30.3 Å². The van der Waals surface area contributed by atoms with E-state index >= 15 is 0 Å². The number of nitrogens with one attached hydrogen (secondary N) is 2. The minimum absolute atomic E-state index is 0.0184. The van der Waals surface area contributed by atoms with Crippen LogP contribution in [-0.2, 0) is 0 Å². The number of aliphatic imine (C=N–C) groups is 1. The lowest BCUT2D eigenvalue weighted by Crippen LogP contribution is -2.28. The SMILES string of the molecule is N#Cc1cc(NC(=O)c2cccc(F)c2)cc(OC2=CN=CN(c3cc(OC(F)(F)F)cc(C(=O)Nc4cc(F)cc(Oc5cncnc5)c4)c3)C2)c1. The summed E-state index contributed by atoms with van der Waals surface area (Å²) in [7, 11) is 0. The number of carbonyl (C=O) groups excluding carboxylic acids is 2. The Morgan fingerprint density at radius 3 is 2.21 bits per heavy atom. The first-order valence-corrected chi connectivity index (χ1v) is 15.1. The van der Waals surface area contributed by atoms with Crippen molar-refractivity contribution in [2.24, 2.45) is 4.99 Å². The summed E-state index contributed by atoms with van der Waals surface area (Å²) in [6.07, 6.45) is 1.39. The Balaban J connectivity index is 1.21. The van der Waals surface area contributed by atoms with Crippen molar-refractivity contribution in [3.8, 4) is 29.1 Å². The number of amides is 2. The van der Waals surface area contributed by atoms with Crippen molar-refractivity contribution in [1.82, 2.24) is 9.97 Å². The van der Waals surface area contributed by atoms with Crippen LogP contribution in [0.3, 0.4) is 0 Å². The first-order valence-electron chi connectivity index (χ1n) is 15.1. The van der Waals surface area contributed by atoms with Crippen molar-refractivity contribution >= 4 is 35.2 Å². The van der Waals surface area contributed by atoms with Crippen LogP contribution in [0.2, 0.25) is 0 Å². The van der Waals surface area contributed by atoms with Crippen molar-refractivity contribution in [2.75, 3.05) is 22.1 Å². The summed E-state index contributed by atoms with van der Waals surface area (Å²) in [5.74, 6) is -3.29. The molecule has 53 heavy (non-hydrogen) atoms. The maximum absolute atomic E-state index is 14.4. The number of ether oxygens (including phenoxy) is 3. The van der Waals surface area contributed by atoms with E-state index in [1.807, 2.05) is 6.07 Å². The molecular formula is C36H22F5N7O5. The van der Waals surface area contributed by atoms with Gasteiger partial charge in [-0.2, -0.15) is 5.26 Å². The third-order valence-corrected chi connectivity index (χ3v) is 7.00. The van der Waals surface area contributed by atoms with Crippen molar-refractivity contribution in [2.45, 2.75) is 6.36 Å². The fourth-order valence-electron chi connectivity index (χ4n) is 4.89. The molecule has 12 nitrogen and oxygen atoms in total. The fraction of sp³-hybridized carbons (Fsp3) is 0.0556. The van der Waals surface area contributed by atoms with E-state index in [0.29, 0.717) is 0 Å². The van der Waals surface area contributed by atoms with Gasteiger partial charge in [0.1, 0.15) is 41.0 Å². The molecule has 0 unspecified atom stereocenters. The van der Waals surface area contributed by atoms with Crippen LogP contribution in [0.5, 0.6) is 23.0 Å². The number of hydrogen-bond donors (Lipinski definition) is 2. The van der Waals surface area contributed by atoms with E-state index in [4.69, 9.17) is 9.47 Å². The Hall–Kier alpha value is -7.35. The normalized spacial score (nSPS) is 12.3. The van der Waals surface area contributed by atoms with Crippen LogP contribution in [0.15, 0.2) is 115 Å². The predicted octanol–water partition coefficient (Wildman–Crippen LogP) is 7.59. The summed E-state index contributed by atoms with van der Waals surface area (Å²) in [5, 5.41) is 14.6. The monoisotopic (exact) mass is 727 g/mol. The molecule has 0 aliphatic carbocycles. The molecule has 0 spiro atoms. The highest BCUT2D eigenvalue weighted by molar-refractivity contribution is 6.06. The number of alkyl halides is 3. The molecule has 0 saturated heterocycles. The minimum atomic E-state index is -5.11. The number of nitrogens with zero attached hydrogens (tertiary/aromatic N) is 5. The van der Waals surface area contributed by atoms with Gasteiger partial charge in [-0.1, -0.05) is 6.07 Å². The Morgan fingerprint density at radius 1 is 0.774 bits per heavy atom. The number of halogens is 5. The number of carbonyl (C=O) groups is 2. The van der Waals surface area contributed by atoms with Crippen LogP contribution in [0.4, 0.5) is 39.0 Å². The zero-order valence-electron chi connectivity index (χ0n) is 26.8. The Labute approximate surface area is 296 Å². The number of anilines is 3. The van der Waals surface area contributed by atoms with Crippen LogP contribution >= 0.6 is 0 Å². The Morgan fingerprint density at radius 2 is 1.49 bits per heavy atom. The molecular weight excluding hydrogens is 705 g/mol. The molecule has 5 aromatic rings. The lowest BCUT2D eigenvalue weighted by Gasteiger charge is -2.25. The average Bonchev–Trinajstić information content (AvgIpc) is 3.11. The number of nitriles is 1. The minimum Gasteiger partial charge on any atom is -0.458 e. The van der Waals surface area contributed by atoms with Gasteiger partial charge in [0.25, 0.3) is 11.8 Å². The molecule has 0 saturated carbocycles. The fourth-order valence-corrected chi connectivity index (χ4v) is 4.89. The average molecular weight is 728 g/mol. The first-order chi connectivity index (χ1) is 25.4. The molecule has 17 heteroatoms. The molecule has 266 valence electrons. The Bertz CT molecular complexity index is 2300. The largest absolute Gasteiger partial charge is 0.573 e. The summed E-state index contributed by atoms with van der Waals surface area (Å²) < 4.78 is 83.7. The number of aromatic nitrogens is 2. The molecule has 0 radical (unpaired) electrons. The van der Waals surface area contributed by atoms with E-state index in [0.717, 1.165) is 30.3 Å². The third-order valence-electron chi connectivity index (χ3n) is 7.00. The molecule has 0 atom stereocenters. The van der Waals surface area contributed by atoms with E-state index in [1.165, 1.54) is 84.7 Å². The van der Waals surface area contributed by atoms with Crippen molar-refractivity contribution in [3.63, 3.8) is 0 Å². The molecule has 1 aliphatic rings. The number of benzene rings is 4. The lowest BCUT2D eigenvalue weighted by atomic mass is 10.1. The van der Waals surface area contributed by atoms with Gasteiger partial charge in [0.15, 0.2) is 5.75 Å². The second kappa shape index (κ2) is 15.3. The van der Waals surface area contributed by atoms with Gasteiger partial charge in [-0.3, -0.25) is 9.59 Å². The predicted molar refractivity (Wildman–Crippen MR) is 180 cm³/mol. The van der Waals surface area contributed by atoms with E-state index in [-0.39, 0.29) is 63.3 Å². The van der Waals surface area contributed by atoms with Gasteiger partial charge in [0.2, 0.25) is 0 Å². The molecule has 6 rings (SSSR count). The molecule has 0 bridgehead atoms. The second-order valence-corrected chi connectivity index (χ2v) is 11.0. The molecule has 2 N–H and O–H groups in total. The van der Waals surface area contributed by atoms with Crippen LogP contribution in [0, 0.1) is 23.0 Å². The second-order valence-electron chi connectivity index (χ2n) is 11.0. The van der Waals surface area contributed by atoms with Crippen LogP contribution in [0.1, 0.15) is 26.3 Å². The highest BCUT2D eigenvalue weighted by atomic mass is 19.4. The third kappa shape index (κ3) is 9.67. The summed E-state index contributed by atoms with van der Waals surface area (Å²) in [4.78, 5) is 39.1. The lowest BCUT2D eigenvalue weighted by molar-refractivity contribution is -0.274. The maximum atomic E-state index is 14.4. The summed E-state index contributed by atoms with van der Waals surface area (Å²) in [6.45, 7) is -0.129. The summed E-state index contributed by atoms with van der Waals surface area (Å²) >= 11 is 0. The van der Waals surface area contributed by atoms with Crippen LogP contribution < -0.4 is 29.7 Å². The van der Waals surface area contributed by atoms with E-state index in [9.17, 15) is 36.8 Å². The van der Waals surface area contributed by atoms with Crippen molar-refractivity contribution < 1.29 is 45.8 Å². The smallest absolute Gasteiger partial charge is 0.458 e. The number of hydrogen-bond acceptors (Lipinski definition) is 10. The molecule has 1 aromatic heterocycles. The van der Waals surface area contributed by atoms with Gasteiger partial charge >= 0.3 is 6.36 Å². The topological polar surface area (TPSA) is 151 Å². The number of rotatable bonds is 10. The highest BCUT2D eigenvalue weighted by Crippen LogP contribution is 2.32. The molecule has 1 aliphatic heterocycles. The van der Waals surface area contributed by atoms with Gasteiger partial charge in [-0.25, -0.2) is 23.7 Å². The summed E-state index contributed by atoms with van der Waals surface area (Å²) in [5.41, 5.74) is -0.0502. The maximum Gasteiger partial charge on any atom is 0.573 e. The highest BCUT2D eigenvalue weighted by Gasteiger charge is 2.32. The standard InChI is InChI=1S/C36H22F5N7O5/c37-24-3-1-2-22(6-24)34(49)46-26-4-21(14-42)5-29(11-26)52-33-17-45-20-48(18-33)28-7-23(8-31(13-28)53-36(39,40)41)35(50)47-27-9-25(38)10-30(12-27)51-32-15-43-19-44-16-32/h1-13,15-17,19-20H,18H2,(H,46,49)(H,47,50). The Kier molecular flexibility index (Phi) is 10.2. The van der Waals surface area contributed by atoms with Crippen molar-refractivity contribution in [3.05, 3.63) is 138 Å². The quantitative estimate of drug-likeness (QED) is 0.139. The zero-order valence-corrected chi connectivity index (χ0v) is 26.8. The molecule has 0 fully saturated rings. The van der Waals surface area contributed by atoms with Crippen LogP contribution in [0.25, 0.3) is 0 Å². The van der Waals surface area contributed by atoms with E-state index < -0.39 is 35.6 Å². The van der Waals surface area contributed by atoms with Gasteiger partial charge in [-0.05, 0) is 48.5 Å². The summed E-state index contributed by atoms with van der Waals surface area (Å²) in [6, 6.07) is 17.5. The first kappa shape index (κ1) is 35.5. The van der Waals surface area contributed by atoms with E-state index in [1.54, 1.807) is 0 Å². The van der Waals surface area contributed by atoms with Gasteiger partial charge in [0.05, 0.1) is 43.1 Å². The molecule has 4 aromatic carbocycles. The van der Waals surface area contributed by atoms with Gasteiger partial charge in [-0.15, -0.1) is 13.2 Å². The molecule has 2 heterocycles. The van der Waals surface area contributed by atoms with Crippen LogP contribution in [-0.4, -0.2) is 41.0 Å².